The molecular formula is C10H22NO3Si. The number of carboxylic acid groups (broad SMARTS) is 1. The van der Waals surface area contributed by atoms with Crippen LogP contribution in [0.2, 0.25) is 18.1 Å². The van der Waals surface area contributed by atoms with E-state index in [9.17, 15) is 4.79 Å². The first-order valence-corrected chi connectivity index (χ1v) is 7.59. The number of ether oxygens (including phenoxy) is 1. The van der Waals surface area contributed by atoms with Crippen molar-refractivity contribution in [1.29, 1.82) is 0 Å². The summed E-state index contributed by atoms with van der Waals surface area (Å²) < 4.78 is 5.51. The van der Waals surface area contributed by atoms with Gasteiger partial charge in [-0.05, 0) is 12.0 Å². The maximum Gasteiger partial charge on any atom is 0.323 e. The minimum absolute atomic E-state index is 0.136. The van der Waals surface area contributed by atoms with Crippen LogP contribution in [0.3, 0.4) is 0 Å². The molecular weight excluding hydrogens is 210 g/mol. The zero-order chi connectivity index (χ0) is 12.2. The van der Waals surface area contributed by atoms with Crippen LogP contribution in [0.5, 0.6) is 0 Å². The average molecular weight is 232 g/mol. The van der Waals surface area contributed by atoms with Crippen molar-refractivity contribution in [3.8, 4) is 0 Å². The van der Waals surface area contributed by atoms with E-state index in [4.69, 9.17) is 15.6 Å². The van der Waals surface area contributed by atoms with Gasteiger partial charge in [0.25, 0.3) is 0 Å². The normalized spacial score (nSPS) is 16.5. The van der Waals surface area contributed by atoms with Gasteiger partial charge < -0.3 is 15.6 Å². The smallest absolute Gasteiger partial charge is 0.323 e. The zero-order valence-corrected chi connectivity index (χ0v) is 11.2. The van der Waals surface area contributed by atoms with Gasteiger partial charge in [0.2, 0.25) is 0 Å². The lowest BCUT2D eigenvalue weighted by molar-refractivity contribution is -0.142. The molecule has 0 saturated carbocycles. The zero-order valence-electron chi connectivity index (χ0n) is 10.2. The first kappa shape index (κ1) is 14.6. The summed E-state index contributed by atoms with van der Waals surface area (Å²) in [4.78, 5) is 10.6. The summed E-state index contributed by atoms with van der Waals surface area (Å²) in [5.41, 5.74) is 5.45. The molecule has 1 radical (unpaired) electrons. The minimum atomic E-state index is -1.01. The standard InChI is InChI=1S/C10H22NO3Si/c1-7(8(11)9(12)13)14-6-10(2,3)15(4)5/h7-8H,6,11H2,1-5H3,(H,12,13)/t7-,8+/m1/s1. The fourth-order valence-corrected chi connectivity index (χ4v) is 1.16. The van der Waals surface area contributed by atoms with Crippen molar-refractivity contribution >= 4 is 14.8 Å². The summed E-state index contributed by atoms with van der Waals surface area (Å²) >= 11 is 0. The Morgan fingerprint density at radius 2 is 2.00 bits per heavy atom. The summed E-state index contributed by atoms with van der Waals surface area (Å²) in [6.07, 6.45) is -0.442. The molecule has 0 unspecified atom stereocenters. The van der Waals surface area contributed by atoms with Crippen LogP contribution in [0.25, 0.3) is 0 Å². The lowest BCUT2D eigenvalue weighted by Gasteiger charge is -2.30. The third-order valence-electron chi connectivity index (χ3n) is 2.85. The number of nitrogens with two attached hydrogens (primary N) is 1. The Labute approximate surface area is 93.4 Å². The van der Waals surface area contributed by atoms with Gasteiger partial charge in [-0.2, -0.15) is 0 Å². The second kappa shape index (κ2) is 5.63. The van der Waals surface area contributed by atoms with Gasteiger partial charge in [0.05, 0.1) is 14.9 Å². The van der Waals surface area contributed by atoms with E-state index in [1.165, 1.54) is 0 Å². The van der Waals surface area contributed by atoms with E-state index >= 15 is 0 Å². The van der Waals surface area contributed by atoms with Gasteiger partial charge >= 0.3 is 5.97 Å². The van der Waals surface area contributed by atoms with Gasteiger partial charge in [-0.15, -0.1) is 0 Å². The molecule has 0 saturated heterocycles. The fourth-order valence-electron chi connectivity index (χ4n) is 0.789. The van der Waals surface area contributed by atoms with Crippen LogP contribution < -0.4 is 5.73 Å². The summed E-state index contributed by atoms with van der Waals surface area (Å²) in [5, 5.41) is 8.83. The largest absolute Gasteiger partial charge is 0.480 e. The molecule has 0 aromatic heterocycles. The quantitative estimate of drug-likeness (QED) is 0.678. The van der Waals surface area contributed by atoms with E-state index < -0.39 is 26.9 Å². The highest BCUT2D eigenvalue weighted by Crippen LogP contribution is 2.28. The molecule has 0 aromatic rings. The molecule has 0 bridgehead atoms. The molecule has 0 aliphatic heterocycles. The van der Waals surface area contributed by atoms with Crippen LogP contribution in [-0.4, -0.2) is 38.6 Å². The number of carboxylic acids is 1. The molecule has 0 heterocycles. The highest BCUT2D eigenvalue weighted by Gasteiger charge is 2.27. The Balaban J connectivity index is 4.11. The van der Waals surface area contributed by atoms with Crippen LogP contribution in [0.1, 0.15) is 20.8 Å². The summed E-state index contributed by atoms with van der Waals surface area (Å²) in [5.74, 6) is -1.01. The monoisotopic (exact) mass is 232 g/mol. The summed E-state index contributed by atoms with van der Waals surface area (Å²) in [6, 6.07) is -0.940. The lowest BCUT2D eigenvalue weighted by atomic mass is 10.2. The van der Waals surface area contributed by atoms with Crippen molar-refractivity contribution in [2.24, 2.45) is 5.73 Å². The number of rotatable bonds is 6. The van der Waals surface area contributed by atoms with E-state index in [0.29, 0.717) is 6.61 Å². The molecule has 15 heavy (non-hydrogen) atoms. The molecule has 89 valence electrons. The molecule has 0 amide bonds. The Morgan fingerprint density at radius 3 is 2.33 bits per heavy atom. The predicted molar refractivity (Wildman–Crippen MR) is 62.5 cm³/mol. The second-order valence-electron chi connectivity index (χ2n) is 4.76. The lowest BCUT2D eigenvalue weighted by Crippen LogP contribution is -2.43. The topological polar surface area (TPSA) is 72.5 Å². The average Bonchev–Trinajstić information content (AvgIpc) is 2.12. The van der Waals surface area contributed by atoms with Crippen molar-refractivity contribution in [3.63, 3.8) is 0 Å². The first-order valence-electron chi connectivity index (χ1n) is 5.09. The van der Waals surface area contributed by atoms with Crippen LogP contribution in [0.15, 0.2) is 0 Å². The van der Waals surface area contributed by atoms with Crippen LogP contribution >= 0.6 is 0 Å². The van der Waals surface area contributed by atoms with Gasteiger partial charge in [0.15, 0.2) is 0 Å². The SMILES string of the molecule is C[C@@H](OCC(C)(C)[Si](C)C)[C@H](N)C(=O)O. The van der Waals surface area contributed by atoms with Gasteiger partial charge in [-0.3, -0.25) is 4.79 Å². The number of aliphatic carboxylic acids is 1. The van der Waals surface area contributed by atoms with Crippen LogP contribution in [-0.2, 0) is 9.53 Å². The number of hydrogen-bond acceptors (Lipinski definition) is 3. The third-order valence-corrected chi connectivity index (χ3v) is 5.70. The van der Waals surface area contributed by atoms with E-state index in [0.717, 1.165) is 0 Å². The maximum absolute atomic E-state index is 10.6. The van der Waals surface area contributed by atoms with E-state index in [1.54, 1.807) is 6.92 Å². The predicted octanol–water partition coefficient (Wildman–Crippen LogP) is 1.34. The number of carbonyl (C=O) groups is 1. The Hall–Kier alpha value is -0.393. The number of hydrogen-bond donors (Lipinski definition) is 2. The van der Waals surface area contributed by atoms with E-state index in [1.807, 2.05) is 0 Å². The van der Waals surface area contributed by atoms with E-state index in [2.05, 4.69) is 26.9 Å². The van der Waals surface area contributed by atoms with Gasteiger partial charge in [0.1, 0.15) is 6.04 Å². The molecule has 0 aromatic carbocycles. The molecule has 5 heteroatoms. The minimum Gasteiger partial charge on any atom is -0.480 e. The molecule has 4 nitrogen and oxygen atoms in total. The van der Waals surface area contributed by atoms with Crippen molar-refractivity contribution in [1.82, 2.24) is 0 Å². The molecule has 2 atom stereocenters. The van der Waals surface area contributed by atoms with Crippen LogP contribution in [0.4, 0.5) is 0 Å². The first-order chi connectivity index (χ1) is 6.68. The van der Waals surface area contributed by atoms with Gasteiger partial charge in [-0.1, -0.05) is 26.9 Å². The highest BCUT2D eigenvalue weighted by atomic mass is 28.3. The molecule has 0 rings (SSSR count). The fraction of sp³-hybridized carbons (Fsp3) is 0.900. The molecule has 3 N–H and O–H groups in total. The van der Waals surface area contributed by atoms with Crippen molar-refractivity contribution in [3.05, 3.63) is 0 Å². The molecule has 0 spiro atoms. The maximum atomic E-state index is 10.6. The molecule has 0 aliphatic rings. The highest BCUT2D eigenvalue weighted by molar-refractivity contribution is 6.59. The van der Waals surface area contributed by atoms with Gasteiger partial charge in [0, 0.05) is 6.61 Å². The van der Waals surface area contributed by atoms with Crippen molar-refractivity contribution < 1.29 is 14.6 Å². The van der Waals surface area contributed by atoms with Gasteiger partial charge in [-0.25, -0.2) is 0 Å². The summed E-state index contributed by atoms with van der Waals surface area (Å²) in [6.45, 7) is 11.0. The molecule has 0 aliphatic carbocycles. The van der Waals surface area contributed by atoms with Crippen molar-refractivity contribution in [2.75, 3.05) is 6.61 Å². The molecule has 0 fully saturated rings. The third kappa shape index (κ3) is 4.77. The summed E-state index contributed by atoms with van der Waals surface area (Å²) in [7, 11) is -0.465. The Bertz CT molecular complexity index is 219. The van der Waals surface area contributed by atoms with Crippen molar-refractivity contribution in [2.45, 2.75) is 51.0 Å². The van der Waals surface area contributed by atoms with Crippen LogP contribution in [0, 0.1) is 0 Å². The van der Waals surface area contributed by atoms with E-state index in [-0.39, 0.29) is 5.04 Å². The second-order valence-corrected chi connectivity index (χ2v) is 8.12. The Kier molecular flexibility index (Phi) is 5.48. The Morgan fingerprint density at radius 1 is 1.53 bits per heavy atom.